The van der Waals surface area contributed by atoms with Crippen molar-refractivity contribution in [1.82, 2.24) is 20.1 Å². The molecule has 0 saturated heterocycles. The highest BCUT2D eigenvalue weighted by Crippen LogP contribution is 2.25. The fourth-order valence-electron chi connectivity index (χ4n) is 2.27. The number of aromatic amines is 2. The van der Waals surface area contributed by atoms with E-state index in [4.69, 9.17) is 0 Å². The van der Waals surface area contributed by atoms with Crippen LogP contribution in [0.5, 0.6) is 0 Å². The number of nitrogens with one attached hydrogen (secondary N) is 3. The topological polar surface area (TPSA) is 82.7 Å². The Morgan fingerprint density at radius 2 is 1.67 bits per heavy atom. The smallest absolute Gasteiger partial charge is 0.317 e. The normalized spacial score (nSPS) is 26.7. The van der Waals surface area contributed by atoms with Gasteiger partial charge in [-0.15, -0.1) is 0 Å². The van der Waals surface area contributed by atoms with Crippen molar-refractivity contribution in [2.24, 2.45) is 0 Å². The quantitative estimate of drug-likeness (QED) is 0.622. The van der Waals surface area contributed by atoms with Crippen molar-refractivity contribution >= 4 is 0 Å². The molecule has 0 aromatic carbocycles. The second kappa shape index (κ2) is 4.06. The highest BCUT2D eigenvalue weighted by molar-refractivity contribution is 4.82. The van der Waals surface area contributed by atoms with E-state index in [0.717, 1.165) is 25.7 Å². The number of nitrogens with zero attached hydrogens (tertiary/aromatic N) is 1. The Kier molecular flexibility index (Phi) is 2.77. The summed E-state index contributed by atoms with van der Waals surface area (Å²) in [4.78, 5) is 22.7. The molecule has 0 bridgehead atoms. The van der Waals surface area contributed by atoms with Crippen molar-refractivity contribution in [2.45, 2.75) is 37.8 Å². The van der Waals surface area contributed by atoms with E-state index < -0.39 is 0 Å². The molecule has 1 fully saturated rings. The molecule has 6 nitrogen and oxygen atoms in total. The van der Waals surface area contributed by atoms with Crippen molar-refractivity contribution in [3.63, 3.8) is 0 Å². The number of aromatic nitrogens is 3. The molecule has 1 heterocycles. The van der Waals surface area contributed by atoms with Crippen LogP contribution in [0.15, 0.2) is 9.59 Å². The van der Waals surface area contributed by atoms with Gasteiger partial charge in [0, 0.05) is 12.1 Å². The first-order valence-electron chi connectivity index (χ1n) is 5.29. The van der Waals surface area contributed by atoms with Crippen LogP contribution in [0.4, 0.5) is 0 Å². The first kappa shape index (κ1) is 10.2. The Morgan fingerprint density at radius 3 is 2.13 bits per heavy atom. The van der Waals surface area contributed by atoms with Gasteiger partial charge in [0.25, 0.3) is 0 Å². The average Bonchev–Trinajstić information content (AvgIpc) is 2.59. The largest absolute Gasteiger partial charge is 0.344 e. The Labute approximate surface area is 86.7 Å². The van der Waals surface area contributed by atoms with Crippen LogP contribution in [0.25, 0.3) is 0 Å². The molecule has 2 rings (SSSR count). The van der Waals surface area contributed by atoms with Gasteiger partial charge in [0.15, 0.2) is 0 Å². The zero-order chi connectivity index (χ0) is 10.8. The fraction of sp³-hybridized carbons (Fsp3) is 0.778. The van der Waals surface area contributed by atoms with Gasteiger partial charge in [-0.2, -0.15) is 0 Å². The molecule has 15 heavy (non-hydrogen) atoms. The minimum absolute atomic E-state index is 0.0529. The van der Waals surface area contributed by atoms with Crippen molar-refractivity contribution in [1.29, 1.82) is 0 Å². The summed E-state index contributed by atoms with van der Waals surface area (Å²) in [6, 6.07) is 0.576. The van der Waals surface area contributed by atoms with Crippen molar-refractivity contribution < 1.29 is 0 Å². The summed E-state index contributed by atoms with van der Waals surface area (Å²) < 4.78 is 1.30. The molecule has 3 N–H and O–H groups in total. The van der Waals surface area contributed by atoms with Crippen LogP contribution in [-0.2, 0) is 0 Å². The molecule has 1 aliphatic carbocycles. The molecule has 0 radical (unpaired) electrons. The molecule has 1 saturated carbocycles. The minimum Gasteiger partial charge on any atom is -0.317 e. The molecule has 0 amide bonds. The first-order chi connectivity index (χ1) is 7.22. The van der Waals surface area contributed by atoms with Gasteiger partial charge < -0.3 is 5.32 Å². The van der Waals surface area contributed by atoms with Crippen LogP contribution >= 0.6 is 0 Å². The number of hydrogen-bond donors (Lipinski definition) is 3. The van der Waals surface area contributed by atoms with Gasteiger partial charge in [0.1, 0.15) is 0 Å². The third-order valence-corrected chi connectivity index (χ3v) is 3.18. The van der Waals surface area contributed by atoms with Gasteiger partial charge in [-0.05, 0) is 32.7 Å². The second-order valence-electron chi connectivity index (χ2n) is 4.02. The van der Waals surface area contributed by atoms with Crippen LogP contribution < -0.4 is 16.7 Å². The summed E-state index contributed by atoms with van der Waals surface area (Å²) in [7, 11) is 1.94. The average molecular weight is 212 g/mol. The van der Waals surface area contributed by atoms with E-state index in [1.165, 1.54) is 4.57 Å². The van der Waals surface area contributed by atoms with E-state index in [-0.39, 0.29) is 17.4 Å². The third kappa shape index (κ3) is 1.90. The molecule has 1 aliphatic rings. The van der Waals surface area contributed by atoms with E-state index in [1.54, 1.807) is 0 Å². The second-order valence-corrected chi connectivity index (χ2v) is 4.02. The Morgan fingerprint density at radius 1 is 1.13 bits per heavy atom. The van der Waals surface area contributed by atoms with Gasteiger partial charge in [-0.25, -0.2) is 24.4 Å². The Hall–Kier alpha value is -1.30. The highest BCUT2D eigenvalue weighted by Gasteiger charge is 2.23. The van der Waals surface area contributed by atoms with Gasteiger partial charge in [0.2, 0.25) is 0 Å². The van der Waals surface area contributed by atoms with E-state index in [2.05, 4.69) is 15.5 Å². The SMILES string of the molecule is CNC1CCC(n2c(=O)[nH][nH]c2=O)CC1. The molecule has 6 heteroatoms. The lowest BCUT2D eigenvalue weighted by Gasteiger charge is -2.27. The molecule has 0 aliphatic heterocycles. The van der Waals surface area contributed by atoms with Gasteiger partial charge in [-0.3, -0.25) is 0 Å². The molecule has 0 atom stereocenters. The predicted octanol–water partition coefficient (Wildman–Crippen LogP) is -0.432. The Bertz CT molecular complexity index is 394. The zero-order valence-electron chi connectivity index (χ0n) is 8.75. The maximum absolute atomic E-state index is 11.4. The Balaban J connectivity index is 2.14. The maximum atomic E-state index is 11.4. The third-order valence-electron chi connectivity index (χ3n) is 3.18. The standard InChI is InChI=1S/C9H16N4O2/c1-10-6-2-4-7(5-3-6)13-8(14)11-12-9(13)15/h6-7,10H,2-5H2,1H3,(H,11,14)(H,12,15). The lowest BCUT2D eigenvalue weighted by Crippen LogP contribution is -2.37. The van der Waals surface area contributed by atoms with Crippen molar-refractivity contribution in [3.05, 3.63) is 21.0 Å². The zero-order valence-corrected chi connectivity index (χ0v) is 8.75. The molecule has 1 aromatic rings. The monoisotopic (exact) mass is 212 g/mol. The number of H-pyrrole nitrogens is 2. The molecule has 0 spiro atoms. The van der Waals surface area contributed by atoms with Crippen molar-refractivity contribution in [3.8, 4) is 0 Å². The summed E-state index contributed by atoms with van der Waals surface area (Å²) in [6.45, 7) is 0. The molecule has 0 unspecified atom stereocenters. The predicted molar refractivity (Wildman–Crippen MR) is 56.0 cm³/mol. The first-order valence-corrected chi connectivity index (χ1v) is 5.29. The lowest BCUT2D eigenvalue weighted by atomic mass is 9.91. The van der Waals surface area contributed by atoms with Crippen LogP contribution in [0.3, 0.4) is 0 Å². The van der Waals surface area contributed by atoms with E-state index in [0.29, 0.717) is 6.04 Å². The van der Waals surface area contributed by atoms with E-state index in [1.807, 2.05) is 7.05 Å². The maximum Gasteiger partial charge on any atom is 0.344 e. The number of rotatable bonds is 2. The van der Waals surface area contributed by atoms with Crippen LogP contribution in [0.2, 0.25) is 0 Å². The van der Waals surface area contributed by atoms with Crippen LogP contribution in [-0.4, -0.2) is 27.9 Å². The van der Waals surface area contributed by atoms with Gasteiger partial charge >= 0.3 is 11.4 Å². The summed E-state index contributed by atoms with van der Waals surface area (Å²) >= 11 is 0. The molecule has 1 aromatic heterocycles. The van der Waals surface area contributed by atoms with Gasteiger partial charge in [0.05, 0.1) is 0 Å². The summed E-state index contributed by atoms with van der Waals surface area (Å²) in [5, 5.41) is 7.85. The molecular weight excluding hydrogens is 196 g/mol. The molecular formula is C9H16N4O2. The van der Waals surface area contributed by atoms with Crippen LogP contribution in [0, 0.1) is 0 Å². The number of hydrogen-bond acceptors (Lipinski definition) is 3. The molecule has 84 valence electrons. The lowest BCUT2D eigenvalue weighted by molar-refractivity contribution is 0.292. The van der Waals surface area contributed by atoms with E-state index >= 15 is 0 Å². The summed E-state index contributed by atoms with van der Waals surface area (Å²) in [5.74, 6) is 0. The van der Waals surface area contributed by atoms with E-state index in [9.17, 15) is 9.59 Å². The fourth-order valence-corrected chi connectivity index (χ4v) is 2.27. The minimum atomic E-state index is -0.326. The summed E-state index contributed by atoms with van der Waals surface area (Å²) in [5.41, 5.74) is -0.652. The van der Waals surface area contributed by atoms with Crippen LogP contribution in [0.1, 0.15) is 31.7 Å². The highest BCUT2D eigenvalue weighted by atomic mass is 16.2. The van der Waals surface area contributed by atoms with Crippen molar-refractivity contribution in [2.75, 3.05) is 7.05 Å². The summed E-state index contributed by atoms with van der Waals surface area (Å²) in [6.07, 6.45) is 3.79. The van der Waals surface area contributed by atoms with Gasteiger partial charge in [-0.1, -0.05) is 0 Å².